The molecule has 0 N–H and O–H groups in total. The van der Waals surface area contributed by atoms with E-state index in [2.05, 4.69) is 4.98 Å². The van der Waals surface area contributed by atoms with E-state index in [4.69, 9.17) is 0 Å². The fourth-order valence-corrected chi connectivity index (χ4v) is 1.17. The van der Waals surface area contributed by atoms with E-state index in [0.717, 1.165) is 5.82 Å². The highest BCUT2D eigenvalue weighted by molar-refractivity contribution is 5.73. The quantitative estimate of drug-likeness (QED) is 0.692. The number of aryl methyl sites for hydroxylation is 1. The van der Waals surface area contributed by atoms with Gasteiger partial charge in [-0.25, -0.2) is 9.78 Å². The topological polar surface area (TPSA) is 41.4 Å². The molecule has 14 heavy (non-hydrogen) atoms. The molecule has 0 fully saturated rings. The zero-order chi connectivity index (χ0) is 10.7. The largest absolute Gasteiger partial charge is 0.337 e. The molecule has 0 saturated carbocycles. The van der Waals surface area contributed by atoms with Crippen molar-refractivity contribution >= 4 is 6.03 Å². The van der Waals surface area contributed by atoms with Gasteiger partial charge in [0.25, 0.3) is 0 Å². The maximum atomic E-state index is 11.5. The molecule has 0 radical (unpaired) electrons. The van der Waals surface area contributed by atoms with Gasteiger partial charge in [0.05, 0.1) is 6.54 Å². The summed E-state index contributed by atoms with van der Waals surface area (Å²) in [6, 6.07) is -0.0204. The van der Waals surface area contributed by atoms with Crippen molar-refractivity contribution < 1.29 is 4.79 Å². The molecule has 1 aromatic rings. The van der Waals surface area contributed by atoms with E-state index in [1.54, 1.807) is 37.1 Å². The van der Waals surface area contributed by atoms with Crippen LogP contribution in [0.4, 0.5) is 4.79 Å². The van der Waals surface area contributed by atoms with Crippen LogP contribution in [-0.4, -0.2) is 46.5 Å². The van der Waals surface area contributed by atoms with Crippen LogP contribution in [0.5, 0.6) is 0 Å². The minimum absolute atomic E-state index is 0.0204. The van der Waals surface area contributed by atoms with Gasteiger partial charge in [-0.15, -0.1) is 0 Å². The van der Waals surface area contributed by atoms with Crippen molar-refractivity contribution in [1.82, 2.24) is 19.4 Å². The van der Waals surface area contributed by atoms with E-state index in [1.807, 2.05) is 17.8 Å². The molecule has 0 aromatic carbocycles. The number of rotatable bonds is 2. The first-order valence-corrected chi connectivity index (χ1v) is 4.41. The Bertz CT molecular complexity index is 318. The van der Waals surface area contributed by atoms with E-state index in [9.17, 15) is 4.79 Å². The molecule has 78 valence electrons. The molecule has 0 aliphatic rings. The number of carbonyl (C=O) groups excluding carboxylic acids is 1. The van der Waals surface area contributed by atoms with Crippen LogP contribution >= 0.6 is 0 Å². The Hall–Kier alpha value is -1.52. The zero-order valence-corrected chi connectivity index (χ0v) is 9.06. The lowest BCUT2D eigenvalue weighted by atomic mass is 10.5. The molecule has 0 saturated heterocycles. The summed E-state index contributed by atoms with van der Waals surface area (Å²) in [6.07, 6.45) is 3.59. The number of imidazole rings is 1. The Labute approximate surface area is 83.9 Å². The molecular weight excluding hydrogens is 180 g/mol. The van der Waals surface area contributed by atoms with Crippen LogP contribution in [0.15, 0.2) is 12.4 Å². The van der Waals surface area contributed by atoms with E-state index in [0.29, 0.717) is 6.54 Å². The second-order valence-electron chi connectivity index (χ2n) is 3.49. The van der Waals surface area contributed by atoms with Crippen LogP contribution in [0, 0.1) is 0 Å². The summed E-state index contributed by atoms with van der Waals surface area (Å²) >= 11 is 0. The van der Waals surface area contributed by atoms with Gasteiger partial charge in [0.2, 0.25) is 0 Å². The molecule has 0 unspecified atom stereocenters. The Morgan fingerprint density at radius 1 is 1.50 bits per heavy atom. The minimum atomic E-state index is -0.0204. The zero-order valence-electron chi connectivity index (χ0n) is 9.06. The standard InChI is InChI=1S/C9H16N4O/c1-11(2)9(14)13(4)7-8-10-5-6-12(8)3/h5-6H,7H2,1-4H3. The van der Waals surface area contributed by atoms with Gasteiger partial charge in [0.15, 0.2) is 0 Å². The summed E-state index contributed by atoms with van der Waals surface area (Å²) in [5.41, 5.74) is 0. The number of nitrogens with zero attached hydrogens (tertiary/aromatic N) is 4. The molecule has 0 atom stereocenters. The maximum Gasteiger partial charge on any atom is 0.319 e. The fraction of sp³-hybridized carbons (Fsp3) is 0.556. The van der Waals surface area contributed by atoms with Crippen LogP contribution in [0.1, 0.15) is 5.82 Å². The lowest BCUT2D eigenvalue weighted by Crippen LogP contribution is -2.36. The molecular formula is C9H16N4O. The summed E-state index contributed by atoms with van der Waals surface area (Å²) in [4.78, 5) is 18.8. The Balaban J connectivity index is 2.62. The van der Waals surface area contributed by atoms with Crippen molar-refractivity contribution in [3.05, 3.63) is 18.2 Å². The van der Waals surface area contributed by atoms with Crippen molar-refractivity contribution in [2.75, 3.05) is 21.1 Å². The van der Waals surface area contributed by atoms with Crippen molar-refractivity contribution in [3.8, 4) is 0 Å². The molecule has 5 heteroatoms. The normalized spacial score (nSPS) is 10.0. The lowest BCUT2D eigenvalue weighted by molar-refractivity contribution is 0.178. The van der Waals surface area contributed by atoms with E-state index in [1.165, 1.54) is 0 Å². The number of urea groups is 1. The third-order valence-electron chi connectivity index (χ3n) is 2.01. The summed E-state index contributed by atoms with van der Waals surface area (Å²) in [5.74, 6) is 0.878. The van der Waals surface area contributed by atoms with Crippen LogP contribution in [0.25, 0.3) is 0 Å². The smallest absolute Gasteiger partial charge is 0.319 e. The van der Waals surface area contributed by atoms with Crippen LogP contribution in [-0.2, 0) is 13.6 Å². The second kappa shape index (κ2) is 4.13. The van der Waals surface area contributed by atoms with E-state index < -0.39 is 0 Å². The van der Waals surface area contributed by atoms with Crippen LogP contribution < -0.4 is 0 Å². The third kappa shape index (κ3) is 2.25. The number of hydrogen-bond acceptors (Lipinski definition) is 2. The van der Waals surface area contributed by atoms with Gasteiger partial charge in [-0.05, 0) is 0 Å². The van der Waals surface area contributed by atoms with Crippen molar-refractivity contribution in [3.63, 3.8) is 0 Å². The van der Waals surface area contributed by atoms with E-state index in [-0.39, 0.29) is 6.03 Å². The lowest BCUT2D eigenvalue weighted by Gasteiger charge is -2.21. The second-order valence-corrected chi connectivity index (χ2v) is 3.49. The summed E-state index contributed by atoms with van der Waals surface area (Å²) in [5, 5.41) is 0. The number of amides is 2. The Morgan fingerprint density at radius 2 is 2.14 bits per heavy atom. The summed E-state index contributed by atoms with van der Waals surface area (Å²) in [7, 11) is 7.14. The van der Waals surface area contributed by atoms with Gasteiger partial charge in [-0.2, -0.15) is 0 Å². The molecule has 2 amide bonds. The molecule has 0 spiro atoms. The van der Waals surface area contributed by atoms with Gasteiger partial charge < -0.3 is 14.4 Å². The highest BCUT2D eigenvalue weighted by Crippen LogP contribution is 2.01. The average Bonchev–Trinajstić information content (AvgIpc) is 2.50. The van der Waals surface area contributed by atoms with Gasteiger partial charge in [-0.1, -0.05) is 0 Å². The SMILES string of the molecule is CN(C)C(=O)N(C)Cc1nccn1C. The third-order valence-corrected chi connectivity index (χ3v) is 2.01. The molecule has 1 heterocycles. The fourth-order valence-electron chi connectivity index (χ4n) is 1.17. The molecule has 1 aromatic heterocycles. The molecule has 1 rings (SSSR count). The Morgan fingerprint density at radius 3 is 2.57 bits per heavy atom. The Kier molecular flexibility index (Phi) is 3.11. The summed E-state index contributed by atoms with van der Waals surface area (Å²) in [6.45, 7) is 0.528. The first kappa shape index (κ1) is 10.6. The predicted molar refractivity (Wildman–Crippen MR) is 53.8 cm³/mol. The molecule has 5 nitrogen and oxygen atoms in total. The van der Waals surface area contributed by atoms with Crippen molar-refractivity contribution in [2.24, 2.45) is 7.05 Å². The van der Waals surface area contributed by atoms with Crippen molar-refractivity contribution in [1.29, 1.82) is 0 Å². The average molecular weight is 196 g/mol. The highest BCUT2D eigenvalue weighted by atomic mass is 16.2. The number of hydrogen-bond donors (Lipinski definition) is 0. The molecule has 0 aliphatic carbocycles. The van der Waals surface area contributed by atoms with Gasteiger partial charge >= 0.3 is 6.03 Å². The van der Waals surface area contributed by atoms with Gasteiger partial charge in [-0.3, -0.25) is 0 Å². The van der Waals surface area contributed by atoms with Crippen molar-refractivity contribution in [2.45, 2.75) is 6.54 Å². The molecule has 0 aliphatic heterocycles. The predicted octanol–water partition coefficient (Wildman–Crippen LogP) is 0.533. The first-order valence-electron chi connectivity index (χ1n) is 4.41. The minimum Gasteiger partial charge on any atom is -0.337 e. The van der Waals surface area contributed by atoms with Gasteiger partial charge in [0.1, 0.15) is 5.82 Å². The first-order chi connectivity index (χ1) is 6.52. The van der Waals surface area contributed by atoms with Crippen LogP contribution in [0.3, 0.4) is 0 Å². The van der Waals surface area contributed by atoms with Gasteiger partial charge in [0, 0.05) is 40.6 Å². The highest BCUT2D eigenvalue weighted by Gasteiger charge is 2.12. The number of carbonyl (C=O) groups is 1. The molecule has 0 bridgehead atoms. The van der Waals surface area contributed by atoms with Crippen LogP contribution in [0.2, 0.25) is 0 Å². The number of aromatic nitrogens is 2. The van der Waals surface area contributed by atoms with E-state index >= 15 is 0 Å². The maximum absolute atomic E-state index is 11.5. The summed E-state index contributed by atoms with van der Waals surface area (Å²) < 4.78 is 1.90. The monoisotopic (exact) mass is 196 g/mol.